The van der Waals surface area contributed by atoms with Crippen LogP contribution in [-0.4, -0.2) is 27.0 Å². The molecule has 7 nitrogen and oxygen atoms in total. The molecule has 0 radical (unpaired) electrons. The lowest BCUT2D eigenvalue weighted by Crippen LogP contribution is -2.19. The van der Waals surface area contributed by atoms with Gasteiger partial charge in [0.2, 0.25) is 5.95 Å². The number of nitrogen functional groups attached to an aromatic ring is 1. The van der Waals surface area contributed by atoms with E-state index in [0.717, 1.165) is 22.7 Å². The molecule has 0 aliphatic rings. The Morgan fingerprint density at radius 1 is 1.42 bits per heavy atom. The highest BCUT2D eigenvalue weighted by Gasteiger charge is 2.14. The van der Waals surface area contributed by atoms with Gasteiger partial charge in [0.25, 0.3) is 0 Å². The molecule has 0 bridgehead atoms. The van der Waals surface area contributed by atoms with Crippen molar-refractivity contribution in [2.24, 2.45) is 0 Å². The molecular weight excluding hydrogens is 244 g/mol. The summed E-state index contributed by atoms with van der Waals surface area (Å²) in [4.78, 5) is 17.5. The van der Waals surface area contributed by atoms with Crippen molar-refractivity contribution in [2.75, 3.05) is 17.7 Å². The summed E-state index contributed by atoms with van der Waals surface area (Å²) in [5.74, 6) is 1.83. The first-order chi connectivity index (χ1) is 9.15. The van der Waals surface area contributed by atoms with E-state index in [9.17, 15) is 0 Å². The zero-order valence-electron chi connectivity index (χ0n) is 10.7. The first kappa shape index (κ1) is 11.5. The monoisotopic (exact) mass is 258 g/mol. The van der Waals surface area contributed by atoms with Gasteiger partial charge in [-0.3, -0.25) is 0 Å². The van der Waals surface area contributed by atoms with E-state index in [0.29, 0.717) is 12.2 Å². The van der Waals surface area contributed by atoms with Crippen LogP contribution in [0.2, 0.25) is 0 Å². The maximum atomic E-state index is 5.70. The molecule has 0 aliphatic heterocycles. The third-order valence-electron chi connectivity index (χ3n) is 3.02. The van der Waals surface area contributed by atoms with Gasteiger partial charge in [0.1, 0.15) is 11.3 Å². The summed E-state index contributed by atoms with van der Waals surface area (Å²) in [6.07, 6.45) is 3.26. The van der Waals surface area contributed by atoms with Crippen molar-refractivity contribution in [1.82, 2.24) is 19.9 Å². The molecule has 3 aromatic rings. The fourth-order valence-electron chi connectivity index (χ4n) is 2.02. The van der Waals surface area contributed by atoms with E-state index in [1.165, 1.54) is 0 Å². The van der Waals surface area contributed by atoms with Gasteiger partial charge in [-0.2, -0.15) is 9.97 Å². The molecule has 0 saturated heterocycles. The third kappa shape index (κ3) is 1.99. The van der Waals surface area contributed by atoms with Gasteiger partial charge in [-0.25, -0.2) is 4.98 Å². The topological polar surface area (TPSA) is 96.9 Å². The van der Waals surface area contributed by atoms with E-state index >= 15 is 0 Å². The third-order valence-corrected chi connectivity index (χ3v) is 3.02. The number of aryl methyl sites for hydroxylation is 1. The molecule has 0 atom stereocenters. The second kappa shape index (κ2) is 4.27. The van der Waals surface area contributed by atoms with Gasteiger partial charge >= 0.3 is 0 Å². The number of aromatic nitrogens is 4. The molecule has 98 valence electrons. The minimum atomic E-state index is 0.213. The summed E-state index contributed by atoms with van der Waals surface area (Å²) in [5, 5.41) is 0. The SMILES string of the molecule is Cc1occc1CN(C)c1nc(N)nc2nc[nH]c12. The number of fused-ring (bicyclic) bond motifs is 1. The number of imidazole rings is 1. The summed E-state index contributed by atoms with van der Waals surface area (Å²) >= 11 is 0. The molecular formula is C12H14N6O. The fourth-order valence-corrected chi connectivity index (χ4v) is 2.02. The van der Waals surface area contributed by atoms with Crippen LogP contribution in [0.1, 0.15) is 11.3 Å². The van der Waals surface area contributed by atoms with E-state index in [2.05, 4.69) is 19.9 Å². The number of nitrogens with two attached hydrogens (primary N) is 1. The van der Waals surface area contributed by atoms with Crippen molar-refractivity contribution in [2.45, 2.75) is 13.5 Å². The highest BCUT2D eigenvalue weighted by atomic mass is 16.3. The Labute approximate surface area is 109 Å². The number of hydrogen-bond acceptors (Lipinski definition) is 6. The van der Waals surface area contributed by atoms with Crippen LogP contribution in [0, 0.1) is 6.92 Å². The maximum absolute atomic E-state index is 5.70. The quantitative estimate of drug-likeness (QED) is 0.738. The molecule has 0 aliphatic carbocycles. The molecule has 19 heavy (non-hydrogen) atoms. The highest BCUT2D eigenvalue weighted by Crippen LogP contribution is 2.23. The standard InChI is InChI=1S/C12H14N6O/c1-7-8(3-4-19-7)5-18(2)11-9-10(15-6-14-9)16-12(13)17-11/h3-4,6H,5H2,1-2H3,(H3,13,14,15,16,17). The van der Waals surface area contributed by atoms with E-state index in [-0.39, 0.29) is 5.95 Å². The average molecular weight is 258 g/mol. The summed E-state index contributed by atoms with van der Waals surface area (Å²) in [6, 6.07) is 1.94. The Morgan fingerprint density at radius 2 is 2.26 bits per heavy atom. The van der Waals surface area contributed by atoms with Gasteiger partial charge in [0.05, 0.1) is 12.6 Å². The highest BCUT2D eigenvalue weighted by molar-refractivity contribution is 5.83. The van der Waals surface area contributed by atoms with Crippen molar-refractivity contribution in [3.05, 3.63) is 30.0 Å². The Bertz CT molecular complexity index is 716. The number of aromatic amines is 1. The fraction of sp³-hybridized carbons (Fsp3) is 0.250. The second-order valence-corrected chi connectivity index (χ2v) is 4.36. The number of nitrogens with zero attached hydrogens (tertiary/aromatic N) is 4. The number of hydrogen-bond donors (Lipinski definition) is 2. The molecule has 0 saturated carbocycles. The Morgan fingerprint density at radius 3 is 3.00 bits per heavy atom. The minimum Gasteiger partial charge on any atom is -0.469 e. The predicted molar refractivity (Wildman–Crippen MR) is 71.6 cm³/mol. The molecule has 0 spiro atoms. The van der Waals surface area contributed by atoms with Crippen molar-refractivity contribution in [3.8, 4) is 0 Å². The van der Waals surface area contributed by atoms with Crippen LogP contribution in [0.15, 0.2) is 23.1 Å². The van der Waals surface area contributed by atoms with Crippen LogP contribution in [0.3, 0.4) is 0 Å². The Balaban J connectivity index is 1.99. The number of H-pyrrole nitrogens is 1. The summed E-state index contributed by atoms with van der Waals surface area (Å²) in [7, 11) is 1.94. The first-order valence-corrected chi connectivity index (χ1v) is 5.86. The van der Waals surface area contributed by atoms with Gasteiger partial charge in [-0.05, 0) is 13.0 Å². The summed E-state index contributed by atoms with van der Waals surface area (Å²) < 4.78 is 5.29. The zero-order chi connectivity index (χ0) is 13.4. The largest absolute Gasteiger partial charge is 0.469 e. The number of anilines is 2. The van der Waals surface area contributed by atoms with Crippen LogP contribution in [0.4, 0.5) is 11.8 Å². The van der Waals surface area contributed by atoms with Crippen LogP contribution < -0.4 is 10.6 Å². The average Bonchev–Trinajstić information content (AvgIpc) is 2.98. The van der Waals surface area contributed by atoms with Crippen LogP contribution >= 0.6 is 0 Å². The van der Waals surface area contributed by atoms with E-state index in [1.54, 1.807) is 12.6 Å². The van der Waals surface area contributed by atoms with Gasteiger partial charge in [-0.15, -0.1) is 0 Å². The Hall–Kier alpha value is -2.57. The number of nitrogens with one attached hydrogen (secondary N) is 1. The van der Waals surface area contributed by atoms with E-state index in [1.807, 2.05) is 24.9 Å². The van der Waals surface area contributed by atoms with Crippen LogP contribution in [0.25, 0.3) is 11.2 Å². The maximum Gasteiger partial charge on any atom is 0.224 e. The molecule has 0 amide bonds. The van der Waals surface area contributed by atoms with E-state index in [4.69, 9.17) is 10.2 Å². The van der Waals surface area contributed by atoms with Crippen molar-refractivity contribution in [1.29, 1.82) is 0 Å². The van der Waals surface area contributed by atoms with Gasteiger partial charge in [0.15, 0.2) is 11.5 Å². The molecule has 3 N–H and O–H groups in total. The first-order valence-electron chi connectivity index (χ1n) is 5.86. The molecule has 3 heterocycles. The molecule has 7 heteroatoms. The van der Waals surface area contributed by atoms with Crippen molar-refractivity contribution in [3.63, 3.8) is 0 Å². The Kier molecular flexibility index (Phi) is 2.59. The molecule has 0 fully saturated rings. The smallest absolute Gasteiger partial charge is 0.224 e. The van der Waals surface area contributed by atoms with Crippen LogP contribution in [-0.2, 0) is 6.54 Å². The molecule has 0 unspecified atom stereocenters. The zero-order valence-corrected chi connectivity index (χ0v) is 10.7. The minimum absolute atomic E-state index is 0.213. The lowest BCUT2D eigenvalue weighted by atomic mass is 10.2. The molecule has 0 aromatic carbocycles. The second-order valence-electron chi connectivity index (χ2n) is 4.36. The van der Waals surface area contributed by atoms with Crippen molar-refractivity contribution >= 4 is 22.9 Å². The summed E-state index contributed by atoms with van der Waals surface area (Å²) in [5.41, 5.74) is 8.15. The number of rotatable bonds is 3. The van der Waals surface area contributed by atoms with Crippen LogP contribution in [0.5, 0.6) is 0 Å². The molecule has 3 rings (SSSR count). The van der Waals surface area contributed by atoms with Crippen molar-refractivity contribution < 1.29 is 4.42 Å². The lowest BCUT2D eigenvalue weighted by Gasteiger charge is -2.18. The van der Waals surface area contributed by atoms with Gasteiger partial charge in [-0.1, -0.05) is 0 Å². The van der Waals surface area contributed by atoms with Gasteiger partial charge < -0.3 is 20.0 Å². The summed E-state index contributed by atoms with van der Waals surface area (Å²) in [6.45, 7) is 2.61. The van der Waals surface area contributed by atoms with E-state index < -0.39 is 0 Å². The normalized spacial score (nSPS) is 11.1. The number of furan rings is 1. The molecule has 3 aromatic heterocycles. The van der Waals surface area contributed by atoms with Gasteiger partial charge in [0, 0.05) is 19.2 Å². The lowest BCUT2D eigenvalue weighted by molar-refractivity contribution is 0.529. The predicted octanol–water partition coefficient (Wildman–Crippen LogP) is 1.47.